The number of rotatable bonds is 3. The van der Waals surface area contributed by atoms with E-state index in [2.05, 4.69) is 0 Å². The summed E-state index contributed by atoms with van der Waals surface area (Å²) >= 11 is 1.30. The molecule has 4 heteroatoms. The molecule has 0 unspecified atom stereocenters. The lowest BCUT2D eigenvalue weighted by Gasteiger charge is -1.99. The van der Waals surface area contributed by atoms with Crippen LogP contribution in [-0.4, -0.2) is 10.9 Å². The minimum atomic E-state index is -0.219. The van der Waals surface area contributed by atoms with Crippen LogP contribution >= 0.6 is 11.8 Å². The number of thioether (sulfide) groups is 1. The molecule has 3 N–H and O–H groups in total. The maximum atomic E-state index is 12.5. The number of amidine groups is 1. The molecule has 0 heterocycles. The van der Waals surface area contributed by atoms with E-state index in [9.17, 15) is 4.39 Å². The zero-order valence-corrected chi connectivity index (χ0v) is 7.90. The number of nitrogens with two attached hydrogens (primary N) is 1. The number of halogens is 1. The Hall–Kier alpha value is -1.03. The van der Waals surface area contributed by atoms with Gasteiger partial charge in [0.05, 0.1) is 0 Å². The number of hydrogen-bond acceptors (Lipinski definition) is 2. The summed E-state index contributed by atoms with van der Waals surface area (Å²) in [5.74, 6) is 0.545. The fraction of sp³-hybridized carbons (Fsp3) is 0.222. The predicted octanol–water partition coefficient (Wildman–Crippen LogP) is 1.99. The van der Waals surface area contributed by atoms with Crippen LogP contribution in [0.1, 0.15) is 5.56 Å². The quantitative estimate of drug-likeness (QED) is 0.576. The van der Waals surface area contributed by atoms with Gasteiger partial charge in [0.25, 0.3) is 0 Å². The topological polar surface area (TPSA) is 49.9 Å². The summed E-state index contributed by atoms with van der Waals surface area (Å²) in [7, 11) is 0. The van der Waals surface area contributed by atoms with Crippen molar-refractivity contribution in [3.05, 3.63) is 35.6 Å². The summed E-state index contributed by atoms with van der Waals surface area (Å²) in [5, 5.41) is 7.10. The lowest BCUT2D eigenvalue weighted by atomic mass is 10.2. The average Bonchev–Trinajstić information content (AvgIpc) is 2.08. The van der Waals surface area contributed by atoms with Crippen LogP contribution in [0.4, 0.5) is 4.39 Å². The second-order valence-electron chi connectivity index (χ2n) is 2.59. The Labute approximate surface area is 80.8 Å². The maximum Gasteiger partial charge on any atom is 0.151 e. The molecule has 0 spiro atoms. The van der Waals surface area contributed by atoms with Gasteiger partial charge in [0.1, 0.15) is 5.82 Å². The molecule has 0 saturated heterocycles. The minimum Gasteiger partial charge on any atom is -0.379 e. The number of hydrogen-bond donors (Lipinski definition) is 2. The van der Waals surface area contributed by atoms with Gasteiger partial charge in [-0.1, -0.05) is 23.9 Å². The summed E-state index contributed by atoms with van der Waals surface area (Å²) in [6, 6.07) is 6.37. The van der Waals surface area contributed by atoms with Crippen LogP contribution in [0.5, 0.6) is 0 Å². The Morgan fingerprint density at radius 3 is 2.54 bits per heavy atom. The van der Waals surface area contributed by atoms with Crippen LogP contribution < -0.4 is 5.73 Å². The van der Waals surface area contributed by atoms with Crippen molar-refractivity contribution in [3.8, 4) is 0 Å². The van der Waals surface area contributed by atoms with E-state index in [4.69, 9.17) is 11.1 Å². The highest BCUT2D eigenvalue weighted by atomic mass is 32.2. The van der Waals surface area contributed by atoms with Gasteiger partial charge in [-0.2, -0.15) is 0 Å². The van der Waals surface area contributed by atoms with Gasteiger partial charge in [0.15, 0.2) is 5.17 Å². The number of aryl methyl sites for hydroxylation is 1. The standard InChI is InChI=1S/C9H11FN2S/c10-8-3-1-7(2-4-8)5-6-13-9(11)12/h1-4H,5-6H2,(H3,11,12). The molecule has 0 aliphatic rings. The van der Waals surface area contributed by atoms with Crippen molar-refractivity contribution < 1.29 is 4.39 Å². The lowest BCUT2D eigenvalue weighted by Crippen LogP contribution is -2.05. The fourth-order valence-electron chi connectivity index (χ4n) is 0.930. The van der Waals surface area contributed by atoms with E-state index in [1.54, 1.807) is 12.1 Å². The summed E-state index contributed by atoms with van der Waals surface area (Å²) in [4.78, 5) is 0. The predicted molar refractivity (Wildman–Crippen MR) is 54.5 cm³/mol. The van der Waals surface area contributed by atoms with Crippen LogP contribution in [0.2, 0.25) is 0 Å². The Bertz CT molecular complexity index is 284. The van der Waals surface area contributed by atoms with E-state index < -0.39 is 0 Å². The van der Waals surface area contributed by atoms with Crippen molar-refractivity contribution in [3.63, 3.8) is 0 Å². The van der Waals surface area contributed by atoms with Gasteiger partial charge in [-0.3, -0.25) is 5.41 Å². The SMILES string of the molecule is N=C(N)SCCc1ccc(F)cc1. The van der Waals surface area contributed by atoms with Gasteiger partial charge < -0.3 is 5.73 Å². The largest absolute Gasteiger partial charge is 0.379 e. The lowest BCUT2D eigenvalue weighted by molar-refractivity contribution is 0.627. The molecule has 2 nitrogen and oxygen atoms in total. The van der Waals surface area contributed by atoms with E-state index in [-0.39, 0.29) is 11.0 Å². The molecular weight excluding hydrogens is 187 g/mol. The van der Waals surface area contributed by atoms with Gasteiger partial charge in [-0.05, 0) is 24.1 Å². The third-order valence-electron chi connectivity index (χ3n) is 1.56. The van der Waals surface area contributed by atoms with E-state index in [1.807, 2.05) is 0 Å². The molecule has 13 heavy (non-hydrogen) atoms. The van der Waals surface area contributed by atoms with Gasteiger partial charge in [-0.15, -0.1) is 0 Å². The third kappa shape index (κ3) is 3.94. The van der Waals surface area contributed by atoms with Crippen LogP contribution in [0, 0.1) is 11.2 Å². The zero-order valence-electron chi connectivity index (χ0n) is 7.09. The third-order valence-corrected chi connectivity index (χ3v) is 2.28. The summed E-state index contributed by atoms with van der Waals surface area (Å²) in [6.45, 7) is 0. The molecule has 0 amide bonds. The summed E-state index contributed by atoms with van der Waals surface area (Å²) < 4.78 is 12.5. The highest BCUT2D eigenvalue weighted by molar-refractivity contribution is 8.13. The molecule has 0 saturated carbocycles. The number of benzene rings is 1. The maximum absolute atomic E-state index is 12.5. The highest BCUT2D eigenvalue weighted by Gasteiger charge is 1.95. The Kier molecular flexibility index (Phi) is 3.76. The molecule has 70 valence electrons. The van der Waals surface area contributed by atoms with Gasteiger partial charge in [0, 0.05) is 5.75 Å². The second kappa shape index (κ2) is 4.87. The highest BCUT2D eigenvalue weighted by Crippen LogP contribution is 2.07. The van der Waals surface area contributed by atoms with Gasteiger partial charge in [-0.25, -0.2) is 4.39 Å². The Balaban J connectivity index is 2.37. The number of nitrogens with one attached hydrogen (secondary N) is 1. The molecule has 0 fully saturated rings. The second-order valence-corrected chi connectivity index (χ2v) is 3.73. The average molecular weight is 198 g/mol. The van der Waals surface area contributed by atoms with Crippen molar-refractivity contribution in [2.45, 2.75) is 6.42 Å². The van der Waals surface area contributed by atoms with E-state index >= 15 is 0 Å². The molecule has 1 aromatic rings. The normalized spacial score (nSPS) is 9.92. The summed E-state index contributed by atoms with van der Waals surface area (Å²) in [5.41, 5.74) is 6.23. The molecule has 0 bridgehead atoms. The van der Waals surface area contributed by atoms with E-state index in [1.165, 1.54) is 23.9 Å². The van der Waals surface area contributed by atoms with Crippen molar-refractivity contribution in [1.82, 2.24) is 0 Å². The molecule has 0 atom stereocenters. The van der Waals surface area contributed by atoms with Crippen LogP contribution in [-0.2, 0) is 6.42 Å². The van der Waals surface area contributed by atoms with Crippen molar-refractivity contribution in [2.75, 3.05) is 5.75 Å². The Morgan fingerprint density at radius 1 is 1.38 bits per heavy atom. The van der Waals surface area contributed by atoms with Crippen LogP contribution in [0.15, 0.2) is 24.3 Å². The van der Waals surface area contributed by atoms with Crippen LogP contribution in [0.25, 0.3) is 0 Å². The smallest absolute Gasteiger partial charge is 0.151 e. The van der Waals surface area contributed by atoms with Crippen molar-refractivity contribution in [2.24, 2.45) is 5.73 Å². The fourth-order valence-corrected chi connectivity index (χ4v) is 1.49. The van der Waals surface area contributed by atoms with E-state index in [0.717, 1.165) is 17.7 Å². The van der Waals surface area contributed by atoms with Crippen molar-refractivity contribution in [1.29, 1.82) is 5.41 Å². The molecule has 0 radical (unpaired) electrons. The first-order valence-corrected chi connectivity index (χ1v) is 4.88. The zero-order chi connectivity index (χ0) is 9.68. The minimum absolute atomic E-state index is 0.127. The first-order valence-electron chi connectivity index (χ1n) is 3.90. The molecule has 1 aromatic carbocycles. The van der Waals surface area contributed by atoms with E-state index in [0.29, 0.717) is 0 Å². The molecule has 1 rings (SSSR count). The van der Waals surface area contributed by atoms with Crippen LogP contribution in [0.3, 0.4) is 0 Å². The molecule has 0 aliphatic heterocycles. The summed E-state index contributed by atoms with van der Waals surface area (Å²) in [6.07, 6.45) is 0.810. The van der Waals surface area contributed by atoms with Gasteiger partial charge >= 0.3 is 0 Å². The van der Waals surface area contributed by atoms with Crippen molar-refractivity contribution >= 4 is 16.9 Å². The van der Waals surface area contributed by atoms with Gasteiger partial charge in [0.2, 0.25) is 0 Å². The molecule has 0 aliphatic carbocycles. The Morgan fingerprint density at radius 2 is 2.00 bits per heavy atom. The molecule has 0 aromatic heterocycles. The monoisotopic (exact) mass is 198 g/mol. The first kappa shape index (κ1) is 10.1. The molecular formula is C9H11FN2S. The first-order chi connectivity index (χ1) is 6.18.